The predicted molar refractivity (Wildman–Crippen MR) is 105 cm³/mol. The predicted octanol–water partition coefficient (Wildman–Crippen LogP) is 3.77. The summed E-state index contributed by atoms with van der Waals surface area (Å²) in [5.41, 5.74) is 7.60. The minimum absolute atomic E-state index is 0.0643. The van der Waals surface area contributed by atoms with Crippen LogP contribution in [-0.4, -0.2) is 22.0 Å². The number of nitrogens with one attached hydrogen (secondary N) is 1. The van der Waals surface area contributed by atoms with Crippen LogP contribution in [0.25, 0.3) is 0 Å². The van der Waals surface area contributed by atoms with Gasteiger partial charge in [-0.3, -0.25) is 9.48 Å². The number of hydrogen-bond donors (Lipinski definition) is 2. The third-order valence-electron chi connectivity index (χ3n) is 6.15. The number of aldehydes is 1. The van der Waals surface area contributed by atoms with Crippen LogP contribution in [0.2, 0.25) is 5.02 Å². The molecule has 3 N–H and O–H groups in total. The summed E-state index contributed by atoms with van der Waals surface area (Å²) in [7, 11) is 1.71. The molecule has 2 fully saturated rings. The minimum atomic E-state index is -0.549. The van der Waals surface area contributed by atoms with Crippen LogP contribution in [0.1, 0.15) is 47.7 Å². The first kappa shape index (κ1) is 18.9. The number of nitrogens with two attached hydrogens (primary N) is 1. The van der Waals surface area contributed by atoms with Crippen molar-refractivity contribution in [2.24, 2.45) is 24.8 Å². The number of benzene rings is 1. The number of nitrogens with zero attached hydrogens (tertiary/aromatic N) is 2. The molecule has 0 spiro atoms. The Bertz CT molecular complexity index is 931. The second-order valence-corrected chi connectivity index (χ2v) is 8.32. The average molecular weight is 405 g/mol. The third kappa shape index (κ3) is 3.28. The number of carbonyl (C=O) groups excluding carboxylic acids is 2. The molecule has 0 saturated heterocycles. The standard InChI is InChI=1S/C20H22ClFN4O2/c1-26-19(23)17(20(28)24-14-2-3-16(22)15(21)8-14)18(25-26)13-6-11-4-10(9-27)5-12(11)7-13/h2-3,8-13H,4-7,23H2,1H3,(H,24,28). The Labute approximate surface area is 167 Å². The maximum atomic E-state index is 13.4. The molecule has 4 rings (SSSR count). The molecule has 148 valence electrons. The van der Waals surface area contributed by atoms with Crippen molar-refractivity contribution < 1.29 is 14.0 Å². The van der Waals surface area contributed by atoms with Crippen molar-refractivity contribution >= 4 is 35.3 Å². The number of aromatic nitrogens is 2. The third-order valence-corrected chi connectivity index (χ3v) is 6.44. The molecule has 0 aliphatic heterocycles. The lowest BCUT2D eigenvalue weighted by molar-refractivity contribution is -0.111. The van der Waals surface area contributed by atoms with Crippen molar-refractivity contribution in [3.05, 3.63) is 40.3 Å². The number of carbonyl (C=O) groups is 2. The van der Waals surface area contributed by atoms with Gasteiger partial charge in [0, 0.05) is 24.6 Å². The average Bonchev–Trinajstić information content (AvgIpc) is 3.30. The molecule has 1 amide bonds. The first-order valence-electron chi connectivity index (χ1n) is 9.41. The van der Waals surface area contributed by atoms with Gasteiger partial charge in [-0.15, -0.1) is 0 Å². The van der Waals surface area contributed by atoms with Crippen molar-refractivity contribution in [2.75, 3.05) is 11.1 Å². The van der Waals surface area contributed by atoms with E-state index in [9.17, 15) is 14.0 Å². The van der Waals surface area contributed by atoms with Crippen molar-refractivity contribution in [2.45, 2.75) is 31.6 Å². The van der Waals surface area contributed by atoms with Gasteiger partial charge in [-0.05, 0) is 55.7 Å². The fourth-order valence-corrected chi connectivity index (χ4v) is 5.02. The zero-order valence-electron chi connectivity index (χ0n) is 15.5. The van der Waals surface area contributed by atoms with Crippen LogP contribution in [0.15, 0.2) is 18.2 Å². The van der Waals surface area contributed by atoms with E-state index in [1.54, 1.807) is 7.05 Å². The Morgan fingerprint density at radius 1 is 1.32 bits per heavy atom. The molecule has 1 aromatic carbocycles. The fraction of sp³-hybridized carbons (Fsp3) is 0.450. The minimum Gasteiger partial charge on any atom is -0.383 e. The highest BCUT2D eigenvalue weighted by atomic mass is 35.5. The van der Waals surface area contributed by atoms with E-state index in [-0.39, 0.29) is 22.8 Å². The van der Waals surface area contributed by atoms with Crippen LogP contribution >= 0.6 is 11.6 Å². The summed E-state index contributed by atoms with van der Waals surface area (Å²) in [6, 6.07) is 4.01. The van der Waals surface area contributed by atoms with E-state index in [4.69, 9.17) is 17.3 Å². The molecular formula is C20H22ClFN4O2. The Kier molecular flexibility index (Phi) is 4.87. The molecule has 0 radical (unpaired) electrons. The van der Waals surface area contributed by atoms with E-state index in [2.05, 4.69) is 10.4 Å². The quantitative estimate of drug-likeness (QED) is 0.759. The Balaban J connectivity index is 1.57. The number of anilines is 2. The molecule has 2 aliphatic carbocycles. The van der Waals surface area contributed by atoms with Gasteiger partial charge in [0.25, 0.3) is 5.91 Å². The summed E-state index contributed by atoms with van der Waals surface area (Å²) in [6.07, 6.45) is 4.73. The van der Waals surface area contributed by atoms with Crippen molar-refractivity contribution in [1.29, 1.82) is 0 Å². The highest BCUT2D eigenvalue weighted by Gasteiger charge is 2.44. The molecular weight excluding hydrogens is 383 g/mol. The molecule has 2 aliphatic rings. The zero-order chi connectivity index (χ0) is 20.0. The van der Waals surface area contributed by atoms with Crippen LogP contribution in [-0.2, 0) is 11.8 Å². The largest absolute Gasteiger partial charge is 0.383 e. The van der Waals surface area contributed by atoms with Gasteiger partial charge in [0.1, 0.15) is 23.5 Å². The summed E-state index contributed by atoms with van der Waals surface area (Å²) in [5, 5.41) is 7.21. The van der Waals surface area contributed by atoms with Crippen LogP contribution in [0.3, 0.4) is 0 Å². The lowest BCUT2D eigenvalue weighted by atomic mass is 9.94. The fourth-order valence-electron chi connectivity index (χ4n) is 4.84. The molecule has 6 nitrogen and oxygen atoms in total. The second-order valence-electron chi connectivity index (χ2n) is 7.91. The van der Waals surface area contributed by atoms with Crippen molar-refractivity contribution in [3.63, 3.8) is 0 Å². The van der Waals surface area contributed by atoms with Crippen LogP contribution < -0.4 is 11.1 Å². The number of hydrogen-bond acceptors (Lipinski definition) is 4. The van der Waals surface area contributed by atoms with E-state index >= 15 is 0 Å². The Hall–Kier alpha value is -2.41. The van der Waals surface area contributed by atoms with Crippen LogP contribution in [0.5, 0.6) is 0 Å². The van der Waals surface area contributed by atoms with E-state index in [0.29, 0.717) is 34.6 Å². The highest BCUT2D eigenvalue weighted by molar-refractivity contribution is 6.31. The SMILES string of the molecule is Cn1nc(C2CC3CC(C=O)CC3C2)c(C(=O)Nc2ccc(F)c(Cl)c2)c1N. The van der Waals surface area contributed by atoms with Gasteiger partial charge in [-0.2, -0.15) is 5.10 Å². The van der Waals surface area contributed by atoms with Gasteiger partial charge in [0.05, 0.1) is 10.7 Å². The zero-order valence-corrected chi connectivity index (χ0v) is 16.2. The summed E-state index contributed by atoms with van der Waals surface area (Å²) < 4.78 is 14.9. The maximum Gasteiger partial charge on any atom is 0.261 e. The first-order valence-corrected chi connectivity index (χ1v) is 9.79. The van der Waals surface area contributed by atoms with Gasteiger partial charge in [-0.1, -0.05) is 11.6 Å². The molecule has 2 saturated carbocycles. The molecule has 28 heavy (non-hydrogen) atoms. The van der Waals surface area contributed by atoms with E-state index in [1.807, 2.05) is 0 Å². The van der Waals surface area contributed by atoms with Gasteiger partial charge < -0.3 is 15.8 Å². The second kappa shape index (κ2) is 7.20. The van der Waals surface area contributed by atoms with Crippen molar-refractivity contribution in [1.82, 2.24) is 9.78 Å². The molecule has 2 atom stereocenters. The van der Waals surface area contributed by atoms with Crippen LogP contribution in [0, 0.1) is 23.6 Å². The number of rotatable bonds is 4. The van der Waals surface area contributed by atoms with Crippen LogP contribution in [0.4, 0.5) is 15.9 Å². The number of halogens is 2. The Morgan fingerprint density at radius 3 is 2.61 bits per heavy atom. The lowest BCUT2D eigenvalue weighted by Gasteiger charge is -2.12. The maximum absolute atomic E-state index is 13.4. The molecule has 8 heteroatoms. The molecule has 0 bridgehead atoms. The topological polar surface area (TPSA) is 90.0 Å². The van der Waals surface area contributed by atoms with Gasteiger partial charge in [0.15, 0.2) is 0 Å². The molecule has 1 heterocycles. The van der Waals surface area contributed by atoms with E-state index < -0.39 is 5.82 Å². The van der Waals surface area contributed by atoms with Gasteiger partial charge in [0.2, 0.25) is 0 Å². The van der Waals surface area contributed by atoms with Crippen molar-refractivity contribution in [3.8, 4) is 0 Å². The number of fused-ring (bicyclic) bond motifs is 1. The lowest BCUT2D eigenvalue weighted by Crippen LogP contribution is -2.16. The Morgan fingerprint density at radius 2 is 2.00 bits per heavy atom. The van der Waals surface area contributed by atoms with Gasteiger partial charge >= 0.3 is 0 Å². The monoisotopic (exact) mass is 404 g/mol. The molecule has 2 aromatic rings. The summed E-state index contributed by atoms with van der Waals surface area (Å²) >= 11 is 5.80. The normalized spacial score (nSPS) is 26.2. The number of aryl methyl sites for hydroxylation is 1. The smallest absolute Gasteiger partial charge is 0.261 e. The van der Waals surface area contributed by atoms with E-state index in [0.717, 1.165) is 32.0 Å². The van der Waals surface area contributed by atoms with E-state index in [1.165, 1.54) is 22.9 Å². The molecule has 2 unspecified atom stereocenters. The summed E-state index contributed by atoms with van der Waals surface area (Å²) in [5.74, 6) is 0.659. The van der Waals surface area contributed by atoms with Gasteiger partial charge in [-0.25, -0.2) is 4.39 Å². The highest BCUT2D eigenvalue weighted by Crippen LogP contribution is 2.52. The number of amides is 1. The number of nitrogen functional groups attached to an aromatic ring is 1. The molecule has 1 aromatic heterocycles. The summed E-state index contributed by atoms with van der Waals surface area (Å²) in [4.78, 5) is 24.0. The first-order chi connectivity index (χ1) is 13.4. The summed E-state index contributed by atoms with van der Waals surface area (Å²) in [6.45, 7) is 0.